The van der Waals surface area contributed by atoms with Crippen LogP contribution < -0.4 is 5.32 Å². The van der Waals surface area contributed by atoms with Crippen LogP contribution in [0.2, 0.25) is 15.1 Å². The number of amides is 1. The van der Waals surface area contributed by atoms with Crippen molar-refractivity contribution < 1.29 is 13.2 Å². The van der Waals surface area contributed by atoms with E-state index in [4.69, 9.17) is 34.8 Å². The quantitative estimate of drug-likeness (QED) is 0.711. The smallest absolute Gasteiger partial charge is 0.257 e. The summed E-state index contributed by atoms with van der Waals surface area (Å²) in [4.78, 5) is 12.4. The van der Waals surface area contributed by atoms with Gasteiger partial charge in [0.25, 0.3) is 5.91 Å². The summed E-state index contributed by atoms with van der Waals surface area (Å²) in [6.07, 6.45) is 2.66. The van der Waals surface area contributed by atoms with E-state index in [9.17, 15) is 13.2 Å². The third-order valence-corrected chi connectivity index (χ3v) is 7.23. The van der Waals surface area contributed by atoms with E-state index in [2.05, 4.69) is 5.32 Å². The summed E-state index contributed by atoms with van der Waals surface area (Å²) in [7, 11) is -3.72. The molecular formula is C18H17Cl3N2O3S. The molecule has 144 valence electrons. The lowest BCUT2D eigenvalue weighted by atomic mass is 10.2. The number of hydrogen-bond donors (Lipinski definition) is 1. The minimum atomic E-state index is -3.72. The molecule has 0 aromatic heterocycles. The number of sulfonamides is 1. The molecule has 0 bridgehead atoms. The Labute approximate surface area is 173 Å². The molecule has 2 aromatic rings. The number of nitrogens with zero attached hydrogens (tertiary/aromatic N) is 1. The molecule has 5 nitrogen and oxygen atoms in total. The van der Waals surface area contributed by atoms with E-state index in [0.717, 1.165) is 19.3 Å². The summed E-state index contributed by atoms with van der Waals surface area (Å²) in [5, 5.41) is 3.39. The molecule has 1 N–H and O–H groups in total. The van der Waals surface area contributed by atoms with Gasteiger partial charge in [0.2, 0.25) is 10.0 Å². The number of carbonyl (C=O) groups excluding carboxylic acids is 1. The highest BCUT2D eigenvalue weighted by atomic mass is 35.5. The van der Waals surface area contributed by atoms with Crippen LogP contribution in [-0.2, 0) is 10.0 Å². The van der Waals surface area contributed by atoms with Crippen LogP contribution in [0.15, 0.2) is 41.3 Å². The summed E-state index contributed by atoms with van der Waals surface area (Å²) >= 11 is 18.0. The summed E-state index contributed by atoms with van der Waals surface area (Å²) < 4.78 is 27.2. The highest BCUT2D eigenvalue weighted by Crippen LogP contribution is 2.30. The first-order valence-electron chi connectivity index (χ1n) is 8.35. The molecule has 1 amide bonds. The summed E-state index contributed by atoms with van der Waals surface area (Å²) in [5.74, 6) is -0.472. The molecule has 0 saturated carbocycles. The molecule has 1 heterocycles. The van der Waals surface area contributed by atoms with E-state index in [-0.39, 0.29) is 20.5 Å². The maximum absolute atomic E-state index is 12.9. The zero-order valence-corrected chi connectivity index (χ0v) is 17.3. The first kappa shape index (κ1) is 20.4. The molecule has 9 heteroatoms. The number of nitrogens with one attached hydrogen (secondary N) is 1. The fourth-order valence-electron chi connectivity index (χ4n) is 2.90. The van der Waals surface area contributed by atoms with Gasteiger partial charge in [-0.2, -0.15) is 4.31 Å². The van der Waals surface area contributed by atoms with Crippen molar-refractivity contribution in [1.82, 2.24) is 4.31 Å². The number of anilines is 1. The zero-order chi connectivity index (χ0) is 19.6. The topological polar surface area (TPSA) is 66.5 Å². The second-order valence-electron chi connectivity index (χ2n) is 6.19. The van der Waals surface area contributed by atoms with Crippen LogP contribution >= 0.6 is 34.8 Å². The molecule has 1 aliphatic heterocycles. The highest BCUT2D eigenvalue weighted by Gasteiger charge is 2.28. The molecule has 3 rings (SSSR count). The Bertz CT molecular complexity index is 974. The van der Waals surface area contributed by atoms with Gasteiger partial charge < -0.3 is 5.32 Å². The lowest BCUT2D eigenvalue weighted by Crippen LogP contribution is -2.35. The molecule has 0 unspecified atom stereocenters. The SMILES string of the molecule is O=C(Nc1ccc(Cl)c(S(=O)(=O)N2CCCCC2)c1)c1ccc(Cl)cc1Cl. The number of hydrogen-bond acceptors (Lipinski definition) is 3. The van der Waals surface area contributed by atoms with Gasteiger partial charge in [-0.25, -0.2) is 8.42 Å². The fraction of sp³-hybridized carbons (Fsp3) is 0.278. The van der Waals surface area contributed by atoms with Crippen LogP contribution in [0.25, 0.3) is 0 Å². The van der Waals surface area contributed by atoms with Crippen molar-refractivity contribution in [3.8, 4) is 0 Å². The Morgan fingerprint density at radius 1 is 0.926 bits per heavy atom. The van der Waals surface area contributed by atoms with Crippen molar-refractivity contribution in [2.24, 2.45) is 0 Å². The van der Waals surface area contributed by atoms with Gasteiger partial charge in [0.15, 0.2) is 0 Å². The third kappa shape index (κ3) is 4.58. The van der Waals surface area contributed by atoms with Crippen molar-refractivity contribution in [2.75, 3.05) is 18.4 Å². The molecular weight excluding hydrogens is 431 g/mol. The second-order valence-corrected chi connectivity index (χ2v) is 9.35. The molecule has 2 aromatic carbocycles. The average Bonchev–Trinajstić information content (AvgIpc) is 2.63. The van der Waals surface area contributed by atoms with Crippen molar-refractivity contribution in [2.45, 2.75) is 24.2 Å². The second kappa shape index (κ2) is 8.37. The van der Waals surface area contributed by atoms with E-state index in [1.807, 2.05) is 0 Å². The lowest BCUT2D eigenvalue weighted by molar-refractivity contribution is 0.102. The first-order chi connectivity index (χ1) is 12.8. The predicted octanol–water partition coefficient (Wildman–Crippen LogP) is 5.07. The number of piperidine rings is 1. The Morgan fingerprint density at radius 2 is 1.63 bits per heavy atom. The number of benzene rings is 2. The molecule has 0 spiro atoms. The monoisotopic (exact) mass is 446 g/mol. The van der Waals surface area contributed by atoms with Crippen LogP contribution in [0.3, 0.4) is 0 Å². The summed E-state index contributed by atoms with van der Waals surface area (Å²) in [6, 6.07) is 8.88. The van der Waals surface area contributed by atoms with Crippen LogP contribution in [-0.4, -0.2) is 31.7 Å². The zero-order valence-electron chi connectivity index (χ0n) is 14.2. The van der Waals surface area contributed by atoms with Crippen molar-refractivity contribution in [1.29, 1.82) is 0 Å². The third-order valence-electron chi connectivity index (χ3n) is 4.30. The van der Waals surface area contributed by atoms with Gasteiger partial charge >= 0.3 is 0 Å². The van der Waals surface area contributed by atoms with Crippen molar-refractivity contribution in [3.05, 3.63) is 57.0 Å². The van der Waals surface area contributed by atoms with E-state index in [0.29, 0.717) is 23.8 Å². The minimum Gasteiger partial charge on any atom is -0.322 e. The summed E-state index contributed by atoms with van der Waals surface area (Å²) in [6.45, 7) is 0.936. The lowest BCUT2D eigenvalue weighted by Gasteiger charge is -2.26. The largest absolute Gasteiger partial charge is 0.322 e. The number of carbonyl (C=O) groups is 1. The van der Waals surface area contributed by atoms with Crippen molar-refractivity contribution in [3.63, 3.8) is 0 Å². The van der Waals surface area contributed by atoms with Gasteiger partial charge in [-0.05, 0) is 49.2 Å². The normalized spacial score (nSPS) is 15.5. The minimum absolute atomic E-state index is 0.0222. The Balaban J connectivity index is 1.88. The van der Waals surface area contributed by atoms with E-state index < -0.39 is 15.9 Å². The number of rotatable bonds is 4. The standard InChI is InChI=1S/C18H17Cl3N2O3S/c19-12-4-6-14(16(21)10-12)18(24)22-13-5-7-15(20)17(11-13)27(25,26)23-8-2-1-3-9-23/h4-7,10-11H,1-3,8-9H2,(H,22,24). The number of halogens is 3. The van der Waals surface area contributed by atoms with Crippen molar-refractivity contribution >= 4 is 56.4 Å². The molecule has 27 heavy (non-hydrogen) atoms. The van der Waals surface area contributed by atoms with E-state index in [1.54, 1.807) is 12.1 Å². The average molecular weight is 448 g/mol. The first-order valence-corrected chi connectivity index (χ1v) is 10.9. The Morgan fingerprint density at radius 3 is 2.30 bits per heavy atom. The highest BCUT2D eigenvalue weighted by molar-refractivity contribution is 7.89. The maximum Gasteiger partial charge on any atom is 0.257 e. The maximum atomic E-state index is 12.9. The molecule has 1 saturated heterocycles. The van der Waals surface area contributed by atoms with Crippen LogP contribution in [0.1, 0.15) is 29.6 Å². The Hall–Kier alpha value is -1.31. The van der Waals surface area contributed by atoms with Crippen LogP contribution in [0.5, 0.6) is 0 Å². The predicted molar refractivity (Wildman–Crippen MR) is 108 cm³/mol. The molecule has 0 atom stereocenters. The Kier molecular flexibility index (Phi) is 6.33. The van der Waals surface area contributed by atoms with Gasteiger partial charge in [0.05, 0.1) is 15.6 Å². The molecule has 0 aliphatic carbocycles. The molecule has 1 aliphatic rings. The fourth-order valence-corrected chi connectivity index (χ4v) is 5.41. The van der Waals surface area contributed by atoms with Crippen LogP contribution in [0, 0.1) is 0 Å². The molecule has 1 fully saturated rings. The van der Waals surface area contributed by atoms with Gasteiger partial charge in [-0.1, -0.05) is 41.2 Å². The van der Waals surface area contributed by atoms with E-state index >= 15 is 0 Å². The van der Waals surface area contributed by atoms with Gasteiger partial charge in [0, 0.05) is 23.8 Å². The van der Waals surface area contributed by atoms with Gasteiger partial charge in [-0.3, -0.25) is 4.79 Å². The van der Waals surface area contributed by atoms with Crippen LogP contribution in [0.4, 0.5) is 5.69 Å². The summed E-state index contributed by atoms with van der Waals surface area (Å²) in [5.41, 5.74) is 0.544. The van der Waals surface area contributed by atoms with E-state index in [1.165, 1.54) is 28.6 Å². The van der Waals surface area contributed by atoms with Gasteiger partial charge in [-0.15, -0.1) is 0 Å². The molecule has 0 radical (unpaired) electrons. The van der Waals surface area contributed by atoms with Gasteiger partial charge in [0.1, 0.15) is 4.90 Å².